The Labute approximate surface area is 207 Å². The molecule has 2 aliphatic rings. The number of hydrogen-bond donors (Lipinski definition) is 0. The summed E-state index contributed by atoms with van der Waals surface area (Å²) in [6.45, 7) is 9.73. The van der Waals surface area contributed by atoms with Crippen molar-refractivity contribution >= 4 is 23.4 Å². The summed E-state index contributed by atoms with van der Waals surface area (Å²) in [6, 6.07) is 5.93. The third kappa shape index (κ3) is 5.25. The smallest absolute Gasteiger partial charge is 0.437 e. The van der Waals surface area contributed by atoms with Crippen molar-refractivity contribution in [3.05, 3.63) is 40.1 Å². The number of allylic oxidation sites excluding steroid dienone is 2. The summed E-state index contributed by atoms with van der Waals surface area (Å²) >= 11 is 0. The highest BCUT2D eigenvalue weighted by molar-refractivity contribution is 6.23. The first kappa shape index (κ1) is 26.0. The Kier molecular flexibility index (Phi) is 7.41. The molecule has 0 bridgehead atoms. The van der Waals surface area contributed by atoms with Gasteiger partial charge in [0.15, 0.2) is 5.78 Å². The Morgan fingerprint density at radius 2 is 1.71 bits per heavy atom. The summed E-state index contributed by atoms with van der Waals surface area (Å²) in [5.74, 6) is 5.95. The summed E-state index contributed by atoms with van der Waals surface area (Å²) in [7, 11) is 1.23. The number of likely N-dealkylation sites (tertiary alicyclic amines) is 1. The van der Waals surface area contributed by atoms with Crippen LogP contribution in [-0.4, -0.2) is 42.9 Å². The normalized spacial score (nSPS) is 17.4. The number of Topliss-reactive ketones (excluding diaryl/α,β-unsaturated/α-hetero) is 1. The predicted octanol–water partition coefficient (Wildman–Crippen LogP) is 4.69. The zero-order valence-electron chi connectivity index (χ0n) is 21.3. The molecule has 0 atom stereocenters. The molecule has 1 amide bonds. The zero-order valence-corrected chi connectivity index (χ0v) is 21.3. The van der Waals surface area contributed by atoms with Crippen LogP contribution >= 0.6 is 0 Å². The number of carbonyl (C=O) groups is 3. The fourth-order valence-electron chi connectivity index (χ4n) is 5.14. The van der Waals surface area contributed by atoms with Gasteiger partial charge in [-0.25, -0.2) is 4.79 Å². The van der Waals surface area contributed by atoms with Crippen LogP contribution in [0.4, 0.5) is 4.79 Å². The monoisotopic (exact) mass is 476 g/mol. The SMILES string of the molecule is CC#Cc1cc(C)c(C2=C(OC(=O)OC)CC3(CCN(C(=O)C(C)(C)C#N)CC3)CC2=O)c(C)c1. The van der Waals surface area contributed by atoms with Crippen molar-refractivity contribution in [2.45, 2.75) is 60.3 Å². The predicted molar refractivity (Wildman–Crippen MR) is 131 cm³/mol. The minimum absolute atomic E-state index is 0.0900. The van der Waals surface area contributed by atoms with Crippen LogP contribution in [0.2, 0.25) is 0 Å². The molecule has 0 saturated carbocycles. The van der Waals surface area contributed by atoms with Gasteiger partial charge in [0, 0.05) is 31.5 Å². The molecule has 0 aromatic heterocycles. The summed E-state index contributed by atoms with van der Waals surface area (Å²) in [6.07, 6.45) is 0.985. The van der Waals surface area contributed by atoms with Gasteiger partial charge in [-0.3, -0.25) is 9.59 Å². The van der Waals surface area contributed by atoms with Gasteiger partial charge in [0.1, 0.15) is 11.2 Å². The number of nitrogens with zero attached hydrogens (tertiary/aromatic N) is 2. The fraction of sp³-hybridized carbons (Fsp3) is 0.500. The van der Waals surface area contributed by atoms with E-state index in [4.69, 9.17) is 9.47 Å². The summed E-state index contributed by atoms with van der Waals surface area (Å²) in [5, 5.41) is 9.33. The first-order valence-electron chi connectivity index (χ1n) is 11.7. The highest BCUT2D eigenvalue weighted by Crippen LogP contribution is 2.49. The third-order valence-electron chi connectivity index (χ3n) is 6.98. The molecule has 1 spiro atoms. The van der Waals surface area contributed by atoms with Crippen molar-refractivity contribution < 1.29 is 23.9 Å². The zero-order chi connectivity index (χ0) is 26.0. The van der Waals surface area contributed by atoms with Crippen molar-refractivity contribution in [3.63, 3.8) is 0 Å². The van der Waals surface area contributed by atoms with Gasteiger partial charge in [-0.1, -0.05) is 5.92 Å². The second kappa shape index (κ2) is 9.96. The molecule has 1 aliphatic carbocycles. The molecule has 184 valence electrons. The van der Waals surface area contributed by atoms with Crippen LogP contribution in [0, 0.1) is 47.8 Å². The minimum Gasteiger partial charge on any atom is -0.437 e. The standard InChI is InChI=1S/C28H32N2O5/c1-7-8-20-13-18(2)23(19(3)14-20)24-21(31)15-28(16-22(24)35-26(33)34-6)9-11-30(12-10-28)25(32)27(4,5)17-29/h13-14H,9-12,15-16H2,1-6H3. The molecule has 1 aromatic rings. The lowest BCUT2D eigenvalue weighted by Gasteiger charge is -2.45. The molecule has 1 heterocycles. The Balaban J connectivity index is 1.99. The van der Waals surface area contributed by atoms with Crippen molar-refractivity contribution in [1.82, 2.24) is 4.90 Å². The largest absolute Gasteiger partial charge is 0.513 e. The number of methoxy groups -OCH3 is 1. The van der Waals surface area contributed by atoms with Gasteiger partial charge in [-0.15, -0.1) is 5.92 Å². The van der Waals surface area contributed by atoms with Crippen LogP contribution in [0.25, 0.3) is 5.57 Å². The van der Waals surface area contributed by atoms with Crippen LogP contribution < -0.4 is 0 Å². The topological polar surface area (TPSA) is 96.7 Å². The maximum absolute atomic E-state index is 13.6. The van der Waals surface area contributed by atoms with E-state index in [1.54, 1.807) is 25.7 Å². The Morgan fingerprint density at radius 3 is 2.23 bits per heavy atom. The van der Waals surface area contributed by atoms with Crippen LogP contribution in [0.1, 0.15) is 68.7 Å². The maximum Gasteiger partial charge on any atom is 0.513 e. The first-order chi connectivity index (χ1) is 16.5. The Hall–Kier alpha value is -3.58. The average molecular weight is 477 g/mol. The van der Waals surface area contributed by atoms with Gasteiger partial charge in [0.25, 0.3) is 0 Å². The van der Waals surface area contributed by atoms with Gasteiger partial charge >= 0.3 is 6.16 Å². The number of hydrogen-bond acceptors (Lipinski definition) is 6. The summed E-state index contributed by atoms with van der Waals surface area (Å²) in [4.78, 5) is 40.2. The highest BCUT2D eigenvalue weighted by Gasteiger charge is 2.46. The van der Waals surface area contributed by atoms with E-state index in [9.17, 15) is 19.6 Å². The third-order valence-corrected chi connectivity index (χ3v) is 6.98. The molecule has 1 aliphatic heterocycles. The molecule has 0 unspecified atom stereocenters. The molecular formula is C28H32N2O5. The molecule has 3 rings (SSSR count). The molecule has 0 radical (unpaired) electrons. The van der Waals surface area contributed by atoms with Gasteiger partial charge in [0.2, 0.25) is 5.91 Å². The van der Waals surface area contributed by atoms with E-state index in [-0.39, 0.29) is 11.7 Å². The van der Waals surface area contributed by atoms with E-state index in [1.807, 2.05) is 26.0 Å². The number of rotatable bonds is 3. The van der Waals surface area contributed by atoms with E-state index in [1.165, 1.54) is 7.11 Å². The van der Waals surface area contributed by atoms with Crippen LogP contribution in [-0.2, 0) is 19.1 Å². The molecule has 0 N–H and O–H groups in total. The Bertz CT molecular complexity index is 1170. The van der Waals surface area contributed by atoms with Crippen molar-refractivity contribution in [2.24, 2.45) is 10.8 Å². The van der Waals surface area contributed by atoms with E-state index >= 15 is 0 Å². The van der Waals surface area contributed by atoms with Gasteiger partial charge in [0.05, 0.1) is 18.8 Å². The second-order valence-electron chi connectivity index (χ2n) is 10.0. The quantitative estimate of drug-likeness (QED) is 0.464. The van der Waals surface area contributed by atoms with E-state index in [2.05, 4.69) is 17.9 Å². The minimum atomic E-state index is -1.09. The number of piperidine rings is 1. The van der Waals surface area contributed by atoms with Crippen molar-refractivity contribution in [1.29, 1.82) is 5.26 Å². The van der Waals surface area contributed by atoms with E-state index in [0.717, 1.165) is 22.3 Å². The number of ether oxygens (including phenoxy) is 2. The number of carbonyl (C=O) groups excluding carboxylic acids is 3. The first-order valence-corrected chi connectivity index (χ1v) is 11.7. The highest BCUT2D eigenvalue weighted by atomic mass is 16.7. The molecule has 7 heteroatoms. The number of benzene rings is 1. The number of ketones is 1. The van der Waals surface area contributed by atoms with Gasteiger partial charge < -0.3 is 14.4 Å². The number of aryl methyl sites for hydroxylation is 2. The summed E-state index contributed by atoms with van der Waals surface area (Å²) < 4.78 is 10.3. The lowest BCUT2D eigenvalue weighted by atomic mass is 9.66. The average Bonchev–Trinajstić information content (AvgIpc) is 2.80. The van der Waals surface area contributed by atoms with Gasteiger partial charge in [-0.2, -0.15) is 5.26 Å². The Morgan fingerprint density at radius 1 is 1.11 bits per heavy atom. The van der Waals surface area contributed by atoms with E-state index in [0.29, 0.717) is 50.1 Å². The lowest BCUT2D eigenvalue weighted by Crippen LogP contribution is -2.49. The molecule has 35 heavy (non-hydrogen) atoms. The van der Waals surface area contributed by atoms with Crippen LogP contribution in [0.15, 0.2) is 17.9 Å². The maximum atomic E-state index is 13.6. The number of amides is 1. The molecule has 7 nitrogen and oxygen atoms in total. The van der Waals surface area contributed by atoms with Crippen molar-refractivity contribution in [2.75, 3.05) is 20.2 Å². The second-order valence-corrected chi connectivity index (χ2v) is 10.0. The fourth-order valence-corrected chi connectivity index (χ4v) is 5.14. The van der Waals surface area contributed by atoms with E-state index < -0.39 is 17.0 Å². The summed E-state index contributed by atoms with van der Waals surface area (Å²) in [5.41, 5.74) is 2.28. The van der Waals surface area contributed by atoms with Crippen LogP contribution in [0.5, 0.6) is 0 Å². The lowest BCUT2D eigenvalue weighted by molar-refractivity contribution is -0.140. The van der Waals surface area contributed by atoms with Crippen LogP contribution in [0.3, 0.4) is 0 Å². The number of nitriles is 1. The molecule has 1 saturated heterocycles. The molecular weight excluding hydrogens is 444 g/mol. The van der Waals surface area contributed by atoms with Gasteiger partial charge in [-0.05, 0) is 81.7 Å². The molecule has 1 aromatic carbocycles. The molecule has 1 fully saturated rings. The van der Waals surface area contributed by atoms with Crippen molar-refractivity contribution in [3.8, 4) is 17.9 Å².